The Bertz CT molecular complexity index is 368. The van der Waals surface area contributed by atoms with Crippen molar-refractivity contribution in [3.8, 4) is 0 Å². The maximum absolute atomic E-state index is 12.3. The van der Waals surface area contributed by atoms with E-state index in [1.54, 1.807) is 4.90 Å². The van der Waals surface area contributed by atoms with Gasteiger partial charge in [0, 0.05) is 25.0 Å². The van der Waals surface area contributed by atoms with Crippen LogP contribution in [0.2, 0.25) is 0 Å². The summed E-state index contributed by atoms with van der Waals surface area (Å²) < 4.78 is 5.46. The lowest BCUT2D eigenvalue weighted by molar-refractivity contribution is -0.00792. The lowest BCUT2D eigenvalue weighted by Crippen LogP contribution is -2.52. The fourth-order valence-electron chi connectivity index (χ4n) is 3.09. The highest BCUT2D eigenvalue weighted by atomic mass is 16.6. The van der Waals surface area contributed by atoms with E-state index in [0.717, 1.165) is 12.8 Å². The van der Waals surface area contributed by atoms with Gasteiger partial charge < -0.3 is 25.4 Å². The van der Waals surface area contributed by atoms with Crippen molar-refractivity contribution in [1.29, 1.82) is 0 Å². The van der Waals surface area contributed by atoms with E-state index in [-0.39, 0.29) is 11.5 Å². The van der Waals surface area contributed by atoms with Crippen molar-refractivity contribution in [2.75, 3.05) is 40.3 Å². The Morgan fingerprint density at radius 1 is 1.45 bits per heavy atom. The molecular weight excluding hydrogens is 282 g/mol. The normalized spacial score (nSPS) is 24.5. The van der Waals surface area contributed by atoms with E-state index in [2.05, 4.69) is 0 Å². The first-order valence-corrected chi connectivity index (χ1v) is 8.08. The van der Waals surface area contributed by atoms with Crippen LogP contribution in [-0.2, 0) is 4.74 Å². The molecule has 0 aromatic carbocycles. The molecule has 3 N–H and O–H groups in total. The lowest BCUT2D eigenvalue weighted by Gasteiger charge is -2.43. The van der Waals surface area contributed by atoms with Crippen molar-refractivity contribution >= 4 is 6.09 Å². The maximum Gasteiger partial charge on any atom is 0.410 e. The highest BCUT2D eigenvalue weighted by Gasteiger charge is 2.38. The van der Waals surface area contributed by atoms with Gasteiger partial charge in [-0.3, -0.25) is 0 Å². The largest absolute Gasteiger partial charge is 0.444 e. The second-order valence-electron chi connectivity index (χ2n) is 7.83. The summed E-state index contributed by atoms with van der Waals surface area (Å²) in [6.45, 7) is 7.93. The van der Waals surface area contributed by atoms with E-state index in [1.807, 2.05) is 39.8 Å². The van der Waals surface area contributed by atoms with Crippen molar-refractivity contribution in [3.63, 3.8) is 0 Å². The molecule has 2 atom stereocenters. The fraction of sp³-hybridized carbons (Fsp3) is 0.938. The van der Waals surface area contributed by atoms with Crippen LogP contribution in [0.15, 0.2) is 0 Å². The first-order valence-electron chi connectivity index (χ1n) is 8.08. The molecule has 0 aromatic heterocycles. The Labute approximate surface area is 134 Å². The number of hydrogen-bond acceptors (Lipinski definition) is 5. The zero-order valence-electron chi connectivity index (χ0n) is 14.8. The summed E-state index contributed by atoms with van der Waals surface area (Å²) in [5, 5.41) is 10.2. The third-order valence-corrected chi connectivity index (χ3v) is 3.99. The topological polar surface area (TPSA) is 79.0 Å². The summed E-state index contributed by atoms with van der Waals surface area (Å²) in [6, 6.07) is 0. The number of carbonyl (C=O) groups excluding carboxylic acids is 1. The van der Waals surface area contributed by atoms with Gasteiger partial charge in [0.25, 0.3) is 0 Å². The molecule has 1 heterocycles. The summed E-state index contributed by atoms with van der Waals surface area (Å²) in [4.78, 5) is 16.0. The smallest absolute Gasteiger partial charge is 0.410 e. The Morgan fingerprint density at radius 2 is 2.09 bits per heavy atom. The number of nitrogens with zero attached hydrogens (tertiary/aromatic N) is 2. The van der Waals surface area contributed by atoms with Gasteiger partial charge in [0.05, 0.1) is 6.10 Å². The van der Waals surface area contributed by atoms with Gasteiger partial charge in [-0.25, -0.2) is 4.79 Å². The predicted molar refractivity (Wildman–Crippen MR) is 87.7 cm³/mol. The summed E-state index contributed by atoms with van der Waals surface area (Å²) >= 11 is 0. The van der Waals surface area contributed by atoms with E-state index >= 15 is 0 Å². The molecule has 1 aliphatic heterocycles. The minimum absolute atomic E-state index is 0.218. The fourth-order valence-corrected chi connectivity index (χ4v) is 3.09. The Hall–Kier alpha value is -0.850. The minimum atomic E-state index is -0.496. The van der Waals surface area contributed by atoms with E-state index in [4.69, 9.17) is 10.5 Å². The van der Waals surface area contributed by atoms with E-state index in [0.29, 0.717) is 32.6 Å². The van der Waals surface area contributed by atoms with Crippen LogP contribution in [0.5, 0.6) is 0 Å². The molecule has 0 spiro atoms. The summed E-state index contributed by atoms with van der Waals surface area (Å²) in [7, 11) is 3.87. The highest BCUT2D eigenvalue weighted by molar-refractivity contribution is 5.68. The van der Waals surface area contributed by atoms with Crippen molar-refractivity contribution < 1.29 is 14.6 Å². The van der Waals surface area contributed by atoms with Crippen LogP contribution in [0, 0.1) is 5.41 Å². The van der Waals surface area contributed by atoms with Gasteiger partial charge in [-0.1, -0.05) is 0 Å². The Balaban J connectivity index is 2.70. The maximum atomic E-state index is 12.3. The minimum Gasteiger partial charge on any atom is -0.444 e. The number of likely N-dealkylation sites (N-methyl/N-ethyl adjacent to an activating group) is 1. The molecule has 0 saturated carbocycles. The monoisotopic (exact) mass is 315 g/mol. The van der Waals surface area contributed by atoms with Gasteiger partial charge >= 0.3 is 6.09 Å². The van der Waals surface area contributed by atoms with Crippen LogP contribution in [-0.4, -0.2) is 73.0 Å². The molecule has 1 rings (SSSR count). The van der Waals surface area contributed by atoms with E-state index in [9.17, 15) is 9.90 Å². The van der Waals surface area contributed by atoms with E-state index < -0.39 is 11.7 Å². The van der Waals surface area contributed by atoms with Crippen LogP contribution in [0.3, 0.4) is 0 Å². The number of piperidine rings is 1. The third kappa shape index (κ3) is 6.10. The van der Waals surface area contributed by atoms with Crippen molar-refractivity contribution in [1.82, 2.24) is 9.80 Å². The molecule has 0 aliphatic carbocycles. The molecule has 1 aliphatic rings. The number of nitrogens with two attached hydrogens (primary N) is 1. The quantitative estimate of drug-likeness (QED) is 0.799. The number of amides is 1. The molecule has 6 nitrogen and oxygen atoms in total. The van der Waals surface area contributed by atoms with Gasteiger partial charge in [0.1, 0.15) is 5.60 Å². The SMILES string of the molecule is CN(C)C[C@@H](O)C[C@]1(CN)CCCN(C(=O)OC(C)(C)C)C1. The van der Waals surface area contributed by atoms with Gasteiger partial charge in [-0.2, -0.15) is 0 Å². The van der Waals surface area contributed by atoms with E-state index in [1.165, 1.54) is 0 Å². The molecule has 0 unspecified atom stereocenters. The number of ether oxygens (including phenoxy) is 1. The molecule has 1 amide bonds. The van der Waals surface area contributed by atoms with Gasteiger partial charge in [0.15, 0.2) is 0 Å². The average molecular weight is 315 g/mol. The summed E-state index contributed by atoms with van der Waals surface area (Å²) in [5.41, 5.74) is 5.29. The van der Waals surface area contributed by atoms with Crippen LogP contribution in [0.25, 0.3) is 0 Å². The standard InChI is InChI=1S/C16H33N3O3/c1-15(2,3)22-14(21)19-8-6-7-16(11-17,12-19)9-13(20)10-18(4)5/h13,20H,6-12,17H2,1-5H3/t13-,16-/m0/s1. The second-order valence-corrected chi connectivity index (χ2v) is 7.83. The molecule has 6 heteroatoms. The number of aliphatic hydroxyl groups excluding tert-OH is 1. The zero-order valence-corrected chi connectivity index (χ0v) is 14.8. The highest BCUT2D eigenvalue weighted by Crippen LogP contribution is 2.34. The number of rotatable bonds is 5. The van der Waals surface area contributed by atoms with Crippen LogP contribution >= 0.6 is 0 Å². The van der Waals surface area contributed by atoms with Crippen molar-refractivity contribution in [2.24, 2.45) is 11.1 Å². The molecule has 0 radical (unpaired) electrons. The number of hydrogen-bond donors (Lipinski definition) is 2. The van der Waals surface area contributed by atoms with Gasteiger partial charge in [-0.15, -0.1) is 0 Å². The molecule has 22 heavy (non-hydrogen) atoms. The predicted octanol–water partition coefficient (Wildman–Crippen LogP) is 1.28. The van der Waals surface area contributed by atoms with Crippen molar-refractivity contribution in [3.05, 3.63) is 0 Å². The molecule has 0 bridgehead atoms. The Morgan fingerprint density at radius 3 is 2.59 bits per heavy atom. The first kappa shape index (κ1) is 19.2. The third-order valence-electron chi connectivity index (χ3n) is 3.99. The summed E-state index contributed by atoms with van der Waals surface area (Å²) in [5.74, 6) is 0. The lowest BCUT2D eigenvalue weighted by atomic mass is 9.75. The van der Waals surface area contributed by atoms with Crippen LogP contribution in [0.1, 0.15) is 40.0 Å². The molecule has 0 aromatic rings. The first-order chi connectivity index (χ1) is 10.1. The van der Waals surface area contributed by atoms with Crippen LogP contribution in [0.4, 0.5) is 4.79 Å². The molecular formula is C16H33N3O3. The number of likely N-dealkylation sites (tertiary alicyclic amines) is 1. The number of aliphatic hydroxyl groups is 1. The Kier molecular flexibility index (Phi) is 6.65. The van der Waals surface area contributed by atoms with Gasteiger partial charge in [-0.05, 0) is 60.7 Å². The molecule has 1 fully saturated rings. The molecule has 130 valence electrons. The zero-order chi connectivity index (χ0) is 17.0. The molecule has 1 saturated heterocycles. The number of carbonyl (C=O) groups is 1. The van der Waals surface area contributed by atoms with Crippen molar-refractivity contribution in [2.45, 2.75) is 51.7 Å². The summed E-state index contributed by atoms with van der Waals surface area (Å²) in [6.07, 6.45) is 1.73. The average Bonchev–Trinajstić information content (AvgIpc) is 2.35. The van der Waals surface area contributed by atoms with Crippen LogP contribution < -0.4 is 5.73 Å². The second kappa shape index (κ2) is 7.62. The van der Waals surface area contributed by atoms with Gasteiger partial charge in [0.2, 0.25) is 0 Å².